The number of Topliss-reactive ketones (excluding diaryl/α,β-unsaturated/α-hetero) is 1. The minimum Gasteiger partial charge on any atom is -0.306 e. The Labute approximate surface area is 205 Å². The molecule has 1 atom stereocenters. The molecule has 3 nitrogen and oxygen atoms in total. The summed E-state index contributed by atoms with van der Waals surface area (Å²) in [5.41, 5.74) is 0.907. The number of rotatable bonds is 1. The lowest BCUT2D eigenvalue weighted by Gasteiger charge is -2.38. The Balaban J connectivity index is -0.000000388. The van der Waals surface area contributed by atoms with Gasteiger partial charge >= 0.3 is 0 Å². The molecule has 0 N–H and O–H groups in total. The van der Waals surface area contributed by atoms with E-state index in [4.69, 9.17) is 0 Å². The van der Waals surface area contributed by atoms with Crippen molar-refractivity contribution in [1.29, 1.82) is 0 Å². The average Bonchev–Trinajstić information content (AvgIpc) is 2.60. The maximum atomic E-state index is 10.8. The lowest BCUT2D eigenvalue weighted by molar-refractivity contribution is -0.125. The van der Waals surface area contributed by atoms with Crippen LogP contribution in [0, 0.1) is 28.1 Å². The lowest BCUT2D eigenvalue weighted by Crippen LogP contribution is -2.38. The number of ketones is 1. The van der Waals surface area contributed by atoms with Gasteiger partial charge in [0.15, 0.2) is 0 Å². The van der Waals surface area contributed by atoms with E-state index in [0.717, 1.165) is 11.8 Å². The van der Waals surface area contributed by atoms with E-state index in [1.54, 1.807) is 0 Å². The number of nitrogens with zero attached hydrogens (tertiary/aromatic N) is 2. The maximum Gasteiger partial charge on any atom is 0.137 e. The van der Waals surface area contributed by atoms with E-state index in [-0.39, 0.29) is 20.3 Å². The summed E-state index contributed by atoms with van der Waals surface area (Å²) >= 11 is 0. The van der Waals surface area contributed by atoms with Gasteiger partial charge in [-0.05, 0) is 82.1 Å². The van der Waals surface area contributed by atoms with Crippen LogP contribution in [0.3, 0.4) is 0 Å². The molecule has 0 bridgehead atoms. The summed E-state index contributed by atoms with van der Waals surface area (Å²) in [5.74, 6) is 2.18. The zero-order valence-corrected chi connectivity index (χ0v) is 22.8. The molecule has 2 aliphatic rings. The largest absolute Gasteiger partial charge is 0.306 e. The fourth-order valence-electron chi connectivity index (χ4n) is 4.28. The number of hydrogen-bond acceptors (Lipinski definition) is 3. The molecule has 3 heteroatoms. The van der Waals surface area contributed by atoms with Gasteiger partial charge in [-0.3, -0.25) is 4.79 Å². The van der Waals surface area contributed by atoms with Crippen molar-refractivity contribution in [3.05, 3.63) is 0 Å². The highest BCUT2D eigenvalue weighted by molar-refractivity contribution is 5.83. The van der Waals surface area contributed by atoms with Crippen molar-refractivity contribution in [3.63, 3.8) is 0 Å². The van der Waals surface area contributed by atoms with Crippen molar-refractivity contribution in [2.24, 2.45) is 28.1 Å². The molecule has 2 aliphatic heterocycles. The van der Waals surface area contributed by atoms with Crippen molar-refractivity contribution >= 4 is 5.78 Å². The fraction of sp³-hybridized carbons (Fsp3) is 0.966. The molecule has 1 unspecified atom stereocenters. The second-order valence-corrected chi connectivity index (χ2v) is 12.9. The van der Waals surface area contributed by atoms with E-state index in [1.807, 2.05) is 27.7 Å². The Morgan fingerprint density at radius 1 is 0.719 bits per heavy atom. The molecular weight excluding hydrogens is 392 g/mol. The number of hydrogen-bond donors (Lipinski definition) is 0. The van der Waals surface area contributed by atoms with Crippen LogP contribution in [0.25, 0.3) is 0 Å². The Morgan fingerprint density at radius 2 is 1.16 bits per heavy atom. The average molecular weight is 457 g/mol. The van der Waals surface area contributed by atoms with Gasteiger partial charge < -0.3 is 9.80 Å². The molecule has 0 aliphatic carbocycles. The first-order valence-corrected chi connectivity index (χ1v) is 12.4. The van der Waals surface area contributed by atoms with Gasteiger partial charge in [-0.15, -0.1) is 0 Å². The van der Waals surface area contributed by atoms with Crippen molar-refractivity contribution < 1.29 is 4.79 Å². The van der Waals surface area contributed by atoms with E-state index in [9.17, 15) is 4.79 Å². The summed E-state index contributed by atoms with van der Waals surface area (Å²) in [5, 5.41) is 0. The first-order valence-electron chi connectivity index (χ1n) is 12.4. The fourth-order valence-corrected chi connectivity index (χ4v) is 4.28. The van der Waals surface area contributed by atoms with Crippen LogP contribution < -0.4 is 0 Å². The number of piperidine rings is 2. The Bertz CT molecular complexity index is 471. The molecule has 0 saturated carbocycles. The predicted molar refractivity (Wildman–Crippen MR) is 148 cm³/mol. The summed E-state index contributed by atoms with van der Waals surface area (Å²) in [6.07, 6.45) is 6.25. The predicted octanol–water partition coefficient (Wildman–Crippen LogP) is 8.03. The van der Waals surface area contributed by atoms with Crippen LogP contribution in [0.4, 0.5) is 0 Å². The molecule has 0 aromatic carbocycles. The lowest BCUT2D eigenvalue weighted by atomic mass is 9.75. The standard InChI is InChI=1S/2C10H21N.C7H14O.2CH4/c1-10(2,3)9-5-7-11(4)8-6-9;1-10(2,3)9-6-5-7-11(4)8-9;1-5-6(8)7(2,3)4;;/h2*9H,5-8H2,1-4H3;5H2,1-4H3;2*1H4. The van der Waals surface area contributed by atoms with Crippen LogP contribution in [0.2, 0.25) is 0 Å². The third-order valence-electron chi connectivity index (χ3n) is 6.95. The monoisotopic (exact) mass is 457 g/mol. The molecule has 0 aromatic heterocycles. The summed E-state index contributed by atoms with van der Waals surface area (Å²) in [6, 6.07) is 0. The third kappa shape index (κ3) is 15.4. The zero-order valence-electron chi connectivity index (χ0n) is 22.8. The van der Waals surface area contributed by atoms with Crippen LogP contribution in [-0.4, -0.2) is 55.9 Å². The second-order valence-electron chi connectivity index (χ2n) is 12.9. The Kier molecular flexibility index (Phi) is 17.5. The molecule has 2 heterocycles. The SMILES string of the molecule is C.C.CCC(=O)C(C)(C)C.CN1CCC(C(C)(C)C)CC1.CN1CCCC(C(C)(C)C)C1. The van der Waals surface area contributed by atoms with Gasteiger partial charge in [0.1, 0.15) is 5.78 Å². The quantitative estimate of drug-likeness (QED) is 0.399. The molecule has 0 radical (unpaired) electrons. The van der Waals surface area contributed by atoms with Gasteiger partial charge in [0.2, 0.25) is 0 Å². The molecule has 0 spiro atoms. The zero-order chi connectivity index (χ0) is 23.8. The first kappa shape index (κ1) is 36.2. The molecule has 0 amide bonds. The molecule has 32 heavy (non-hydrogen) atoms. The van der Waals surface area contributed by atoms with E-state index >= 15 is 0 Å². The van der Waals surface area contributed by atoms with Gasteiger partial charge in [0.05, 0.1) is 0 Å². The van der Waals surface area contributed by atoms with Crippen molar-refractivity contribution in [3.8, 4) is 0 Å². The second kappa shape index (κ2) is 15.5. The van der Waals surface area contributed by atoms with Gasteiger partial charge in [0.25, 0.3) is 0 Å². The minimum absolute atomic E-state index is 0. The minimum atomic E-state index is -0.130. The van der Waals surface area contributed by atoms with Crippen LogP contribution in [0.5, 0.6) is 0 Å². The molecule has 2 rings (SSSR count). The molecule has 196 valence electrons. The highest BCUT2D eigenvalue weighted by Gasteiger charge is 2.28. The number of likely N-dealkylation sites (tertiary alicyclic amines) is 2. The number of carbonyl (C=O) groups is 1. The van der Waals surface area contributed by atoms with Crippen molar-refractivity contribution in [2.45, 2.75) is 116 Å². The molecular formula is C29H64N2O. The molecule has 2 fully saturated rings. The van der Waals surface area contributed by atoms with E-state index in [2.05, 4.69) is 65.4 Å². The number of carbonyl (C=O) groups excluding carboxylic acids is 1. The van der Waals surface area contributed by atoms with Crippen LogP contribution >= 0.6 is 0 Å². The normalized spacial score (nSPS) is 21.1. The topological polar surface area (TPSA) is 23.6 Å². The van der Waals surface area contributed by atoms with Crippen LogP contribution in [0.1, 0.15) is 116 Å². The van der Waals surface area contributed by atoms with Crippen molar-refractivity contribution in [1.82, 2.24) is 9.80 Å². The van der Waals surface area contributed by atoms with Crippen LogP contribution in [0.15, 0.2) is 0 Å². The van der Waals surface area contributed by atoms with Gasteiger partial charge in [-0.2, -0.15) is 0 Å². The van der Waals surface area contributed by atoms with E-state index < -0.39 is 0 Å². The van der Waals surface area contributed by atoms with Gasteiger partial charge in [-0.25, -0.2) is 0 Å². The Hall–Kier alpha value is -0.410. The summed E-state index contributed by atoms with van der Waals surface area (Å²) in [7, 11) is 4.46. The Morgan fingerprint density at radius 3 is 1.41 bits per heavy atom. The highest BCUT2D eigenvalue weighted by Crippen LogP contribution is 2.34. The van der Waals surface area contributed by atoms with Gasteiger partial charge in [0, 0.05) is 18.4 Å². The molecule has 0 aromatic rings. The first-order chi connectivity index (χ1) is 13.5. The van der Waals surface area contributed by atoms with E-state index in [1.165, 1.54) is 51.9 Å². The summed E-state index contributed by atoms with van der Waals surface area (Å²) in [6.45, 7) is 27.1. The van der Waals surface area contributed by atoms with Crippen LogP contribution in [-0.2, 0) is 4.79 Å². The maximum absolute atomic E-state index is 10.8. The third-order valence-corrected chi connectivity index (χ3v) is 6.95. The summed E-state index contributed by atoms with van der Waals surface area (Å²) in [4.78, 5) is 15.7. The summed E-state index contributed by atoms with van der Waals surface area (Å²) < 4.78 is 0. The highest BCUT2D eigenvalue weighted by atomic mass is 16.1. The smallest absolute Gasteiger partial charge is 0.137 e. The molecule has 2 saturated heterocycles. The van der Waals surface area contributed by atoms with Gasteiger partial charge in [-0.1, -0.05) is 84.1 Å². The van der Waals surface area contributed by atoms with Crippen molar-refractivity contribution in [2.75, 3.05) is 40.3 Å². The van der Waals surface area contributed by atoms with E-state index in [0.29, 0.717) is 23.0 Å².